The van der Waals surface area contributed by atoms with Gasteiger partial charge in [-0.1, -0.05) is 30.3 Å². The maximum atomic E-state index is 12.9. The minimum Gasteiger partial charge on any atom is -0.310 e. The molecule has 2 aromatic carbocycles. The Morgan fingerprint density at radius 2 is 1.75 bits per heavy atom. The molecule has 8 heteroatoms. The second-order valence-electron chi connectivity index (χ2n) is 6.49. The van der Waals surface area contributed by atoms with Crippen molar-refractivity contribution < 1.29 is 13.2 Å². The number of nitrogens with zero attached hydrogens (tertiary/aromatic N) is 3. The number of amides is 1. The molecule has 0 bridgehead atoms. The minimum absolute atomic E-state index is 0.0499. The predicted molar refractivity (Wildman–Crippen MR) is 108 cm³/mol. The van der Waals surface area contributed by atoms with Crippen LogP contribution in [0.1, 0.15) is 24.9 Å². The van der Waals surface area contributed by atoms with Gasteiger partial charge in [-0.3, -0.25) is 9.69 Å². The van der Waals surface area contributed by atoms with Crippen LogP contribution in [0.2, 0.25) is 0 Å². The zero-order valence-electron chi connectivity index (χ0n) is 15.9. The first-order valence-electron chi connectivity index (χ1n) is 8.79. The van der Waals surface area contributed by atoms with Crippen LogP contribution >= 0.6 is 0 Å². The fourth-order valence-corrected chi connectivity index (χ4v) is 3.31. The molecule has 0 heterocycles. The van der Waals surface area contributed by atoms with Crippen LogP contribution in [0.25, 0.3) is 0 Å². The number of likely N-dealkylation sites (N-methyl/N-ethyl adjacent to an activating group) is 1. The van der Waals surface area contributed by atoms with Gasteiger partial charge in [0.25, 0.3) is 0 Å². The lowest BCUT2D eigenvalue weighted by Crippen LogP contribution is -2.40. The van der Waals surface area contributed by atoms with E-state index >= 15 is 0 Å². The molecule has 0 fully saturated rings. The number of primary sulfonamides is 1. The molecule has 0 spiro atoms. The third kappa shape index (κ3) is 5.63. The van der Waals surface area contributed by atoms with Crippen molar-refractivity contribution in [2.75, 3.05) is 25.0 Å². The first-order valence-corrected chi connectivity index (χ1v) is 10.3. The zero-order chi connectivity index (χ0) is 20.7. The summed E-state index contributed by atoms with van der Waals surface area (Å²) < 4.78 is 22.8. The molecular weight excluding hydrogens is 376 g/mol. The van der Waals surface area contributed by atoms with Crippen LogP contribution in [0.4, 0.5) is 5.69 Å². The van der Waals surface area contributed by atoms with Crippen LogP contribution in [-0.2, 0) is 14.8 Å². The van der Waals surface area contributed by atoms with Crippen molar-refractivity contribution in [2.45, 2.75) is 24.3 Å². The number of benzene rings is 2. The molecule has 1 unspecified atom stereocenters. The monoisotopic (exact) mass is 400 g/mol. The van der Waals surface area contributed by atoms with Gasteiger partial charge >= 0.3 is 0 Å². The van der Waals surface area contributed by atoms with Gasteiger partial charge in [0.05, 0.1) is 23.9 Å². The van der Waals surface area contributed by atoms with Gasteiger partial charge in [-0.15, -0.1) is 0 Å². The van der Waals surface area contributed by atoms with Crippen LogP contribution in [0.3, 0.4) is 0 Å². The summed E-state index contributed by atoms with van der Waals surface area (Å²) in [7, 11) is -1.91. The lowest BCUT2D eigenvalue weighted by molar-refractivity contribution is -0.119. The predicted octanol–water partition coefficient (Wildman–Crippen LogP) is 2.27. The van der Waals surface area contributed by atoms with E-state index in [0.717, 1.165) is 11.3 Å². The van der Waals surface area contributed by atoms with Gasteiger partial charge in [-0.2, -0.15) is 5.26 Å². The quantitative estimate of drug-likeness (QED) is 0.731. The van der Waals surface area contributed by atoms with Crippen molar-refractivity contribution in [3.8, 4) is 6.07 Å². The van der Waals surface area contributed by atoms with Crippen molar-refractivity contribution in [3.63, 3.8) is 0 Å². The highest BCUT2D eigenvalue weighted by molar-refractivity contribution is 7.89. The molecule has 28 heavy (non-hydrogen) atoms. The third-order valence-electron chi connectivity index (χ3n) is 4.55. The molecule has 0 radical (unpaired) electrons. The standard InChI is InChI=1S/C20H24N4O3S/c1-16(17-9-11-19(12-10-17)28(22,26)27)23(2)15-20(25)24(14-6-13-21)18-7-4-3-5-8-18/h3-5,7-12,16H,6,14-15H2,1-2H3,(H2,22,26,27). The van der Waals surface area contributed by atoms with E-state index in [1.54, 1.807) is 17.0 Å². The molecule has 2 N–H and O–H groups in total. The van der Waals surface area contributed by atoms with Crippen molar-refractivity contribution >= 4 is 21.6 Å². The van der Waals surface area contributed by atoms with Crippen LogP contribution in [0, 0.1) is 11.3 Å². The molecule has 0 saturated heterocycles. The number of nitrogens with two attached hydrogens (primary N) is 1. The molecule has 7 nitrogen and oxygen atoms in total. The van der Waals surface area contributed by atoms with Gasteiger partial charge in [0, 0.05) is 18.3 Å². The summed E-state index contributed by atoms with van der Waals surface area (Å²) in [6, 6.07) is 17.5. The number of hydrogen-bond donors (Lipinski definition) is 1. The number of carbonyl (C=O) groups is 1. The molecule has 2 aromatic rings. The molecule has 0 saturated carbocycles. The van der Waals surface area contributed by atoms with E-state index in [4.69, 9.17) is 10.4 Å². The molecule has 0 aromatic heterocycles. The summed E-state index contributed by atoms with van der Waals surface area (Å²) in [5, 5.41) is 14.0. The topological polar surface area (TPSA) is 108 Å². The fourth-order valence-electron chi connectivity index (χ4n) is 2.79. The number of anilines is 1. The van der Waals surface area contributed by atoms with E-state index < -0.39 is 10.0 Å². The number of nitriles is 1. The van der Waals surface area contributed by atoms with E-state index in [0.29, 0.717) is 6.54 Å². The number of carbonyl (C=O) groups excluding carboxylic acids is 1. The minimum atomic E-state index is -3.74. The SMILES string of the molecule is CC(c1ccc(S(N)(=O)=O)cc1)N(C)CC(=O)N(CCC#N)c1ccccc1. The highest BCUT2D eigenvalue weighted by Gasteiger charge is 2.21. The highest BCUT2D eigenvalue weighted by Crippen LogP contribution is 2.21. The Balaban J connectivity index is 2.11. The van der Waals surface area contributed by atoms with Crippen molar-refractivity contribution in [2.24, 2.45) is 5.14 Å². The average Bonchev–Trinajstić information content (AvgIpc) is 2.68. The molecule has 148 valence electrons. The van der Waals surface area contributed by atoms with Gasteiger partial charge < -0.3 is 4.90 Å². The number of sulfonamides is 1. The molecule has 0 aliphatic rings. The highest BCUT2D eigenvalue weighted by atomic mass is 32.2. The number of rotatable bonds is 8. The first-order chi connectivity index (χ1) is 13.2. The van der Waals surface area contributed by atoms with Crippen molar-refractivity contribution in [3.05, 3.63) is 60.2 Å². The molecule has 0 aliphatic carbocycles. The fraction of sp³-hybridized carbons (Fsp3) is 0.300. The zero-order valence-corrected chi connectivity index (χ0v) is 16.8. The summed E-state index contributed by atoms with van der Waals surface area (Å²) >= 11 is 0. The Morgan fingerprint density at radius 1 is 1.14 bits per heavy atom. The van der Waals surface area contributed by atoms with Gasteiger partial charge in [0.2, 0.25) is 15.9 Å². The van der Waals surface area contributed by atoms with Gasteiger partial charge in [0.1, 0.15) is 0 Å². The maximum absolute atomic E-state index is 12.9. The summed E-state index contributed by atoms with van der Waals surface area (Å²) in [6.45, 7) is 2.41. The van der Waals surface area contributed by atoms with Crippen LogP contribution in [0.15, 0.2) is 59.5 Å². The summed E-state index contributed by atoms with van der Waals surface area (Å²) in [5.41, 5.74) is 1.62. The van der Waals surface area contributed by atoms with Crippen molar-refractivity contribution in [1.82, 2.24) is 4.90 Å². The van der Waals surface area contributed by atoms with Crippen LogP contribution in [0.5, 0.6) is 0 Å². The molecule has 0 aliphatic heterocycles. The van der Waals surface area contributed by atoms with E-state index in [1.807, 2.05) is 49.2 Å². The largest absolute Gasteiger partial charge is 0.310 e. The van der Waals surface area contributed by atoms with Crippen LogP contribution < -0.4 is 10.0 Å². The van der Waals surface area contributed by atoms with Gasteiger partial charge in [-0.05, 0) is 43.8 Å². The summed E-state index contributed by atoms with van der Waals surface area (Å²) in [4.78, 5) is 16.4. The summed E-state index contributed by atoms with van der Waals surface area (Å²) in [5.74, 6) is -0.114. The van der Waals surface area contributed by atoms with Gasteiger partial charge in [0.15, 0.2) is 0 Å². The van der Waals surface area contributed by atoms with E-state index in [2.05, 4.69) is 6.07 Å². The third-order valence-corrected chi connectivity index (χ3v) is 5.48. The number of hydrogen-bond acceptors (Lipinski definition) is 5. The second kappa shape index (κ2) is 9.46. The lowest BCUT2D eigenvalue weighted by Gasteiger charge is -2.28. The van der Waals surface area contributed by atoms with E-state index in [1.165, 1.54) is 12.1 Å². The summed E-state index contributed by atoms with van der Waals surface area (Å²) in [6.07, 6.45) is 0.245. The van der Waals surface area contributed by atoms with Crippen LogP contribution in [-0.4, -0.2) is 39.4 Å². The Hall–Kier alpha value is -2.73. The molecule has 1 amide bonds. The molecule has 1 atom stereocenters. The Kier molecular flexibility index (Phi) is 7.29. The Labute approximate surface area is 166 Å². The lowest BCUT2D eigenvalue weighted by atomic mass is 10.1. The maximum Gasteiger partial charge on any atom is 0.241 e. The second-order valence-corrected chi connectivity index (χ2v) is 8.06. The number of para-hydroxylation sites is 1. The molecule has 2 rings (SSSR count). The Bertz CT molecular complexity index is 938. The first kappa shape index (κ1) is 21.6. The normalized spacial score (nSPS) is 12.4. The molecular formula is C20H24N4O3S. The average molecular weight is 401 g/mol. The smallest absolute Gasteiger partial charge is 0.241 e. The van der Waals surface area contributed by atoms with Gasteiger partial charge in [-0.25, -0.2) is 13.6 Å². The van der Waals surface area contributed by atoms with E-state index in [9.17, 15) is 13.2 Å². The van der Waals surface area contributed by atoms with E-state index in [-0.39, 0.29) is 29.8 Å². The Morgan fingerprint density at radius 3 is 2.29 bits per heavy atom. The van der Waals surface area contributed by atoms with Crippen molar-refractivity contribution in [1.29, 1.82) is 5.26 Å².